The van der Waals surface area contributed by atoms with Gasteiger partial charge in [0.15, 0.2) is 5.13 Å². The van der Waals surface area contributed by atoms with Crippen molar-refractivity contribution < 1.29 is 0 Å². The number of benzene rings is 1. The van der Waals surface area contributed by atoms with Crippen LogP contribution >= 0.6 is 22.9 Å². The largest absolute Gasteiger partial charge is 0.358 e. The molecule has 1 heterocycles. The van der Waals surface area contributed by atoms with E-state index in [1.54, 1.807) is 11.3 Å². The normalized spacial score (nSPS) is 27.0. The molecule has 1 saturated carbocycles. The zero-order valence-corrected chi connectivity index (χ0v) is 12.9. The third-order valence-corrected chi connectivity index (χ3v) is 5.59. The van der Waals surface area contributed by atoms with Crippen LogP contribution < -0.4 is 5.32 Å². The van der Waals surface area contributed by atoms with Crippen LogP contribution in [-0.4, -0.2) is 11.0 Å². The number of halogens is 1. The first-order valence-corrected chi connectivity index (χ1v) is 8.19. The van der Waals surface area contributed by atoms with Crippen molar-refractivity contribution in [2.24, 2.45) is 11.8 Å². The lowest BCUT2D eigenvalue weighted by molar-refractivity contribution is 0.392. The summed E-state index contributed by atoms with van der Waals surface area (Å²) in [5, 5.41) is 5.44. The maximum Gasteiger partial charge on any atom is 0.184 e. The molecule has 4 heteroatoms. The molecule has 1 aromatic heterocycles. The number of nitrogens with zero attached hydrogens (tertiary/aromatic N) is 1. The van der Waals surface area contributed by atoms with Crippen LogP contribution in [0.25, 0.3) is 10.2 Å². The van der Waals surface area contributed by atoms with Crippen LogP contribution in [0.2, 0.25) is 5.02 Å². The van der Waals surface area contributed by atoms with E-state index in [9.17, 15) is 0 Å². The Morgan fingerprint density at radius 1 is 1.42 bits per heavy atom. The maximum atomic E-state index is 6.02. The summed E-state index contributed by atoms with van der Waals surface area (Å²) in [5.74, 6) is 1.60. The Kier molecular flexibility index (Phi) is 3.68. The van der Waals surface area contributed by atoms with Gasteiger partial charge < -0.3 is 5.32 Å². The summed E-state index contributed by atoms with van der Waals surface area (Å²) in [7, 11) is 0. The first kappa shape index (κ1) is 13.2. The molecule has 19 heavy (non-hydrogen) atoms. The Bertz CT molecular complexity index is 581. The molecule has 1 aliphatic rings. The number of nitrogens with one attached hydrogen (secondary N) is 1. The molecule has 3 rings (SSSR count). The van der Waals surface area contributed by atoms with E-state index >= 15 is 0 Å². The van der Waals surface area contributed by atoms with Crippen LogP contribution in [0.1, 0.15) is 33.1 Å². The Labute approximate surface area is 123 Å². The molecule has 1 N–H and O–H groups in total. The van der Waals surface area contributed by atoms with E-state index in [1.807, 2.05) is 18.2 Å². The van der Waals surface area contributed by atoms with Crippen molar-refractivity contribution in [2.45, 2.75) is 39.2 Å². The van der Waals surface area contributed by atoms with Crippen molar-refractivity contribution in [3.8, 4) is 0 Å². The summed E-state index contributed by atoms with van der Waals surface area (Å²) in [5.41, 5.74) is 1.04. The van der Waals surface area contributed by atoms with Gasteiger partial charge in [-0.25, -0.2) is 4.98 Å². The van der Waals surface area contributed by atoms with Gasteiger partial charge in [0.05, 0.1) is 10.2 Å². The number of thiazole rings is 1. The maximum absolute atomic E-state index is 6.02. The van der Waals surface area contributed by atoms with Gasteiger partial charge in [0, 0.05) is 11.1 Å². The third kappa shape index (κ3) is 2.59. The fourth-order valence-corrected chi connectivity index (χ4v) is 4.35. The third-order valence-electron chi connectivity index (χ3n) is 4.41. The van der Waals surface area contributed by atoms with E-state index < -0.39 is 0 Å². The number of anilines is 1. The van der Waals surface area contributed by atoms with Crippen LogP contribution in [0.3, 0.4) is 0 Å². The summed E-state index contributed by atoms with van der Waals surface area (Å²) in [6, 6.07) is 6.46. The summed E-state index contributed by atoms with van der Waals surface area (Å²) < 4.78 is 1.16. The Morgan fingerprint density at radius 3 is 3.00 bits per heavy atom. The predicted octanol–water partition coefficient (Wildman–Crippen LogP) is 5.19. The topological polar surface area (TPSA) is 24.9 Å². The average molecular weight is 295 g/mol. The lowest BCUT2D eigenvalue weighted by Crippen LogP contribution is -2.24. The van der Waals surface area contributed by atoms with Crippen LogP contribution in [0, 0.1) is 11.8 Å². The van der Waals surface area contributed by atoms with Gasteiger partial charge >= 0.3 is 0 Å². The first-order valence-electron chi connectivity index (χ1n) is 7.00. The van der Waals surface area contributed by atoms with Gasteiger partial charge in [0.25, 0.3) is 0 Å². The van der Waals surface area contributed by atoms with E-state index in [1.165, 1.54) is 19.3 Å². The molecule has 0 amide bonds. The van der Waals surface area contributed by atoms with Crippen LogP contribution in [0.4, 0.5) is 5.13 Å². The Balaban J connectivity index is 1.78. The van der Waals surface area contributed by atoms with Gasteiger partial charge in [-0.1, -0.05) is 43.2 Å². The lowest BCUT2D eigenvalue weighted by Gasteiger charge is -2.20. The molecular weight excluding hydrogens is 276 g/mol. The molecule has 1 aliphatic carbocycles. The van der Waals surface area contributed by atoms with Crippen LogP contribution in [0.5, 0.6) is 0 Å². The van der Waals surface area contributed by atoms with Crippen LogP contribution in [-0.2, 0) is 0 Å². The van der Waals surface area contributed by atoms with Gasteiger partial charge in [-0.3, -0.25) is 0 Å². The van der Waals surface area contributed by atoms with Gasteiger partial charge in [-0.2, -0.15) is 0 Å². The Hall–Kier alpha value is -0.800. The highest BCUT2D eigenvalue weighted by Gasteiger charge is 2.31. The fourth-order valence-electron chi connectivity index (χ4n) is 3.15. The number of hydrogen-bond acceptors (Lipinski definition) is 3. The minimum absolute atomic E-state index is 0.570. The average Bonchev–Trinajstić information content (AvgIpc) is 2.93. The molecule has 2 nitrogen and oxygen atoms in total. The molecule has 0 bridgehead atoms. The predicted molar refractivity (Wildman–Crippen MR) is 84.2 cm³/mol. The molecule has 0 radical (unpaired) electrons. The summed E-state index contributed by atoms with van der Waals surface area (Å²) >= 11 is 7.72. The minimum atomic E-state index is 0.570. The molecular formula is C15H19ClN2S. The molecule has 0 aliphatic heterocycles. The minimum Gasteiger partial charge on any atom is -0.358 e. The summed E-state index contributed by atoms with van der Waals surface area (Å²) in [4.78, 5) is 4.65. The van der Waals surface area contributed by atoms with Crippen molar-refractivity contribution in [3.63, 3.8) is 0 Å². The molecule has 2 aromatic rings. The zero-order valence-electron chi connectivity index (χ0n) is 11.3. The van der Waals surface area contributed by atoms with Crippen molar-refractivity contribution in [3.05, 3.63) is 23.2 Å². The zero-order chi connectivity index (χ0) is 13.4. The highest BCUT2D eigenvalue weighted by atomic mass is 35.5. The number of hydrogen-bond donors (Lipinski definition) is 1. The fraction of sp³-hybridized carbons (Fsp3) is 0.533. The molecule has 0 saturated heterocycles. The van der Waals surface area contributed by atoms with Crippen molar-refractivity contribution in [2.75, 3.05) is 5.32 Å². The molecule has 102 valence electrons. The van der Waals surface area contributed by atoms with Crippen LogP contribution in [0.15, 0.2) is 18.2 Å². The molecule has 1 aromatic carbocycles. The number of fused-ring (bicyclic) bond motifs is 1. The SMILES string of the molecule is CCC1CCC(Nc2nc3ccc(Cl)cc3s2)C1C. The van der Waals surface area contributed by atoms with E-state index in [4.69, 9.17) is 11.6 Å². The standard InChI is InChI=1S/C15H19ClN2S/c1-3-10-4-6-12(9(10)2)17-15-18-13-7-5-11(16)8-14(13)19-15/h5,7-10,12H,3-4,6H2,1-2H3,(H,17,18). The summed E-state index contributed by atoms with van der Waals surface area (Å²) in [6.07, 6.45) is 3.89. The van der Waals surface area contributed by atoms with Crippen molar-refractivity contribution in [1.29, 1.82) is 0 Å². The van der Waals surface area contributed by atoms with Gasteiger partial charge in [0.2, 0.25) is 0 Å². The van der Waals surface area contributed by atoms with E-state index in [-0.39, 0.29) is 0 Å². The molecule has 3 atom stereocenters. The van der Waals surface area contributed by atoms with Crippen molar-refractivity contribution >= 4 is 38.3 Å². The second-order valence-corrected chi connectivity index (χ2v) is 6.95. The molecule has 3 unspecified atom stereocenters. The summed E-state index contributed by atoms with van der Waals surface area (Å²) in [6.45, 7) is 4.66. The highest BCUT2D eigenvalue weighted by Crippen LogP contribution is 2.37. The molecule has 0 spiro atoms. The lowest BCUT2D eigenvalue weighted by atomic mass is 9.94. The van der Waals surface area contributed by atoms with Gasteiger partial charge in [0.1, 0.15) is 0 Å². The van der Waals surface area contributed by atoms with Gasteiger partial charge in [-0.15, -0.1) is 0 Å². The first-order chi connectivity index (χ1) is 9.17. The van der Waals surface area contributed by atoms with Crippen molar-refractivity contribution in [1.82, 2.24) is 4.98 Å². The van der Waals surface area contributed by atoms with E-state index in [2.05, 4.69) is 24.1 Å². The van der Waals surface area contributed by atoms with Gasteiger partial charge in [-0.05, 0) is 42.9 Å². The van der Waals surface area contributed by atoms with E-state index in [0.717, 1.165) is 32.2 Å². The van der Waals surface area contributed by atoms with E-state index in [0.29, 0.717) is 6.04 Å². The second kappa shape index (κ2) is 5.29. The monoisotopic (exact) mass is 294 g/mol. The Morgan fingerprint density at radius 2 is 2.26 bits per heavy atom. The number of rotatable bonds is 3. The number of aromatic nitrogens is 1. The second-order valence-electron chi connectivity index (χ2n) is 5.49. The smallest absolute Gasteiger partial charge is 0.184 e. The highest BCUT2D eigenvalue weighted by molar-refractivity contribution is 7.22. The molecule has 1 fully saturated rings. The quantitative estimate of drug-likeness (QED) is 0.843.